The second-order valence-electron chi connectivity index (χ2n) is 8.08. The van der Waals surface area contributed by atoms with E-state index >= 15 is 0 Å². The van der Waals surface area contributed by atoms with Gasteiger partial charge in [-0.1, -0.05) is 30.3 Å². The van der Waals surface area contributed by atoms with Crippen LogP contribution in [0.5, 0.6) is 5.75 Å². The minimum absolute atomic E-state index is 0.369. The molecule has 3 atom stereocenters. The molecule has 1 aliphatic carbocycles. The molecule has 2 aliphatic rings. The first kappa shape index (κ1) is 16.8. The monoisotopic (exact) mass is 358 g/mol. The maximum atomic E-state index is 6.33. The van der Waals surface area contributed by atoms with Gasteiger partial charge in [0.15, 0.2) is 0 Å². The lowest BCUT2D eigenvalue weighted by Crippen LogP contribution is -2.37. The normalized spacial score (nSPS) is 25.4. The van der Waals surface area contributed by atoms with Gasteiger partial charge in [-0.3, -0.25) is 4.98 Å². The van der Waals surface area contributed by atoms with E-state index in [0.29, 0.717) is 6.10 Å². The molecular weight excluding hydrogens is 332 g/mol. The van der Waals surface area contributed by atoms with E-state index in [0.717, 1.165) is 23.2 Å². The maximum Gasteiger partial charge on any atom is 0.119 e. The number of benzene rings is 2. The number of rotatable bonds is 3. The summed E-state index contributed by atoms with van der Waals surface area (Å²) in [7, 11) is 2.27. The molecule has 3 unspecified atom stereocenters. The first-order chi connectivity index (χ1) is 13.3. The van der Waals surface area contributed by atoms with E-state index in [1.165, 1.54) is 48.7 Å². The first-order valence-electron chi connectivity index (χ1n) is 10.1. The van der Waals surface area contributed by atoms with Gasteiger partial charge >= 0.3 is 0 Å². The van der Waals surface area contributed by atoms with E-state index in [-0.39, 0.29) is 0 Å². The first-order valence-corrected chi connectivity index (χ1v) is 10.1. The fourth-order valence-electron chi connectivity index (χ4n) is 4.90. The van der Waals surface area contributed by atoms with Crippen LogP contribution in [0.3, 0.4) is 0 Å². The molecule has 3 aromatic rings. The number of nitrogens with zero attached hydrogens (tertiary/aromatic N) is 2. The molecule has 138 valence electrons. The Balaban J connectivity index is 1.28. The lowest BCUT2D eigenvalue weighted by molar-refractivity contribution is 0.0935. The lowest BCUT2D eigenvalue weighted by Gasteiger charge is -2.34. The Hall–Kier alpha value is -2.39. The largest absolute Gasteiger partial charge is 0.490 e. The predicted molar refractivity (Wildman–Crippen MR) is 110 cm³/mol. The summed E-state index contributed by atoms with van der Waals surface area (Å²) in [5, 5.41) is 1.18. The summed E-state index contributed by atoms with van der Waals surface area (Å²) in [5.41, 5.74) is 3.44. The van der Waals surface area contributed by atoms with Crippen LogP contribution in [0.25, 0.3) is 22.0 Å². The fraction of sp³-hybridized carbons (Fsp3) is 0.375. The second-order valence-corrected chi connectivity index (χ2v) is 8.08. The molecule has 27 heavy (non-hydrogen) atoms. The molecule has 2 aromatic carbocycles. The fourth-order valence-corrected chi connectivity index (χ4v) is 4.90. The molecular formula is C24H26N2O. The van der Waals surface area contributed by atoms with E-state index in [9.17, 15) is 0 Å². The van der Waals surface area contributed by atoms with Crippen LogP contribution >= 0.6 is 0 Å². The van der Waals surface area contributed by atoms with Crippen molar-refractivity contribution in [2.24, 2.45) is 5.92 Å². The zero-order chi connectivity index (χ0) is 18.2. The Morgan fingerprint density at radius 3 is 2.70 bits per heavy atom. The molecule has 0 amide bonds. The number of ether oxygens (including phenoxy) is 1. The summed E-state index contributed by atoms with van der Waals surface area (Å²) in [4.78, 5) is 7.00. The van der Waals surface area contributed by atoms with Gasteiger partial charge in [0, 0.05) is 17.6 Å². The van der Waals surface area contributed by atoms with Crippen LogP contribution in [-0.4, -0.2) is 35.6 Å². The zero-order valence-electron chi connectivity index (χ0n) is 15.8. The van der Waals surface area contributed by atoms with Gasteiger partial charge < -0.3 is 9.64 Å². The van der Waals surface area contributed by atoms with Gasteiger partial charge in [0.1, 0.15) is 5.75 Å². The van der Waals surface area contributed by atoms with Crippen LogP contribution in [0.15, 0.2) is 60.8 Å². The Kier molecular flexibility index (Phi) is 4.33. The van der Waals surface area contributed by atoms with Gasteiger partial charge in [0.2, 0.25) is 0 Å². The van der Waals surface area contributed by atoms with Crippen LogP contribution in [0, 0.1) is 5.92 Å². The van der Waals surface area contributed by atoms with Crippen LogP contribution in [-0.2, 0) is 0 Å². The molecule has 0 bridgehead atoms. The van der Waals surface area contributed by atoms with Crippen molar-refractivity contribution in [3.63, 3.8) is 0 Å². The van der Waals surface area contributed by atoms with Gasteiger partial charge in [-0.2, -0.15) is 0 Å². The molecule has 1 saturated heterocycles. The number of pyridine rings is 1. The van der Waals surface area contributed by atoms with Crippen molar-refractivity contribution in [1.29, 1.82) is 0 Å². The summed E-state index contributed by atoms with van der Waals surface area (Å²) in [5.74, 6) is 1.81. The predicted octanol–water partition coefficient (Wildman–Crippen LogP) is 5.15. The molecule has 1 aliphatic heterocycles. The molecule has 0 radical (unpaired) electrons. The third-order valence-electron chi connectivity index (χ3n) is 6.41. The quantitative estimate of drug-likeness (QED) is 0.647. The smallest absolute Gasteiger partial charge is 0.119 e. The number of aromatic nitrogens is 1. The van der Waals surface area contributed by atoms with Crippen molar-refractivity contribution in [3.8, 4) is 16.9 Å². The van der Waals surface area contributed by atoms with E-state index in [2.05, 4.69) is 65.5 Å². The summed E-state index contributed by atoms with van der Waals surface area (Å²) in [6, 6.07) is 19.9. The van der Waals surface area contributed by atoms with Gasteiger partial charge in [-0.15, -0.1) is 0 Å². The molecule has 1 aromatic heterocycles. The average Bonchev–Trinajstić information content (AvgIpc) is 3.08. The summed E-state index contributed by atoms with van der Waals surface area (Å²) in [6.07, 6.45) is 7.19. The highest BCUT2D eigenvalue weighted by atomic mass is 16.5. The SMILES string of the molecule is CN1CCC2CC(Oc3ccc(-c4ccc5cccnc5c4)cc3)CCC21. The van der Waals surface area contributed by atoms with E-state index in [1.807, 2.05) is 12.3 Å². The van der Waals surface area contributed by atoms with E-state index in [1.54, 1.807) is 0 Å². The summed E-state index contributed by atoms with van der Waals surface area (Å²) >= 11 is 0. The highest BCUT2D eigenvalue weighted by molar-refractivity contribution is 5.84. The Bertz CT molecular complexity index is 937. The minimum atomic E-state index is 0.369. The topological polar surface area (TPSA) is 25.4 Å². The maximum absolute atomic E-state index is 6.33. The third-order valence-corrected chi connectivity index (χ3v) is 6.41. The molecule has 5 rings (SSSR count). The number of hydrogen-bond acceptors (Lipinski definition) is 3. The summed E-state index contributed by atoms with van der Waals surface area (Å²) < 4.78 is 6.33. The van der Waals surface area contributed by atoms with Gasteiger partial charge in [-0.25, -0.2) is 0 Å². The lowest BCUT2D eigenvalue weighted by atomic mass is 9.83. The zero-order valence-corrected chi connectivity index (χ0v) is 15.8. The van der Waals surface area contributed by atoms with Gasteiger partial charge in [-0.05, 0) is 80.6 Å². The second kappa shape index (κ2) is 6.97. The molecule has 3 heteroatoms. The van der Waals surface area contributed by atoms with Crippen molar-refractivity contribution in [2.45, 2.75) is 37.8 Å². The van der Waals surface area contributed by atoms with Gasteiger partial charge in [0.25, 0.3) is 0 Å². The molecule has 2 fully saturated rings. The molecule has 1 saturated carbocycles. The number of likely N-dealkylation sites (tertiary alicyclic amines) is 1. The highest BCUT2D eigenvalue weighted by Crippen LogP contribution is 2.37. The highest BCUT2D eigenvalue weighted by Gasteiger charge is 2.37. The Morgan fingerprint density at radius 1 is 0.963 bits per heavy atom. The molecule has 2 heterocycles. The third kappa shape index (κ3) is 3.32. The van der Waals surface area contributed by atoms with Crippen LogP contribution < -0.4 is 4.74 Å². The molecule has 3 nitrogen and oxygen atoms in total. The van der Waals surface area contributed by atoms with E-state index < -0.39 is 0 Å². The minimum Gasteiger partial charge on any atom is -0.490 e. The van der Waals surface area contributed by atoms with Crippen molar-refractivity contribution >= 4 is 10.9 Å². The number of fused-ring (bicyclic) bond motifs is 2. The Labute approximate surface area is 161 Å². The number of hydrogen-bond donors (Lipinski definition) is 0. The van der Waals surface area contributed by atoms with Crippen molar-refractivity contribution in [3.05, 3.63) is 60.8 Å². The van der Waals surface area contributed by atoms with Crippen LogP contribution in [0.2, 0.25) is 0 Å². The van der Waals surface area contributed by atoms with Gasteiger partial charge in [0.05, 0.1) is 11.6 Å². The van der Waals surface area contributed by atoms with Crippen molar-refractivity contribution in [2.75, 3.05) is 13.6 Å². The summed E-state index contributed by atoms with van der Waals surface area (Å²) in [6.45, 7) is 1.25. The standard InChI is InChI=1S/C24H26N2O/c1-26-14-12-20-15-22(10-11-24(20)26)27-21-8-6-17(7-9-21)19-5-4-18-3-2-13-25-23(18)16-19/h2-9,13,16,20,22,24H,10-12,14-15H2,1H3. The molecule has 0 spiro atoms. The average molecular weight is 358 g/mol. The molecule has 0 N–H and O–H groups in total. The van der Waals surface area contributed by atoms with E-state index in [4.69, 9.17) is 4.74 Å². The van der Waals surface area contributed by atoms with Crippen LogP contribution in [0.1, 0.15) is 25.7 Å². The Morgan fingerprint density at radius 2 is 1.81 bits per heavy atom. The van der Waals surface area contributed by atoms with Crippen molar-refractivity contribution < 1.29 is 4.74 Å². The van der Waals surface area contributed by atoms with Crippen LogP contribution in [0.4, 0.5) is 0 Å². The van der Waals surface area contributed by atoms with Crippen molar-refractivity contribution in [1.82, 2.24) is 9.88 Å².